The van der Waals surface area contributed by atoms with E-state index in [0.717, 1.165) is 8.30 Å². The lowest BCUT2D eigenvalue weighted by Gasteiger charge is -1.74. The van der Waals surface area contributed by atoms with Gasteiger partial charge in [0.25, 0.3) is 0 Å². The van der Waals surface area contributed by atoms with Gasteiger partial charge in [-0.1, -0.05) is 0 Å². The van der Waals surface area contributed by atoms with Gasteiger partial charge in [0.15, 0.2) is 0 Å². The van der Waals surface area contributed by atoms with Crippen LogP contribution < -0.4 is 0 Å². The number of nitrogens with one attached hydrogen (secondary N) is 1. The van der Waals surface area contributed by atoms with Crippen molar-refractivity contribution < 1.29 is 0 Å². The molecule has 1 N–H and O–H groups in total. The molecule has 0 spiro atoms. The molecular formula is C3HBrClIN2. The molecule has 5 heteroatoms. The number of rotatable bonds is 0. The van der Waals surface area contributed by atoms with Crippen LogP contribution in [0.5, 0.6) is 0 Å². The molecule has 0 atom stereocenters. The van der Waals surface area contributed by atoms with Gasteiger partial charge >= 0.3 is 0 Å². The molecule has 0 radical (unpaired) electrons. The first-order chi connectivity index (χ1) is 3.70. The molecule has 0 saturated carbocycles. The average Bonchev–Trinajstić information content (AvgIpc) is 1.85. The van der Waals surface area contributed by atoms with Gasteiger partial charge in [-0.25, -0.2) is 4.98 Å². The summed E-state index contributed by atoms with van der Waals surface area (Å²) in [5.74, 6) is 0. The van der Waals surface area contributed by atoms with Crippen molar-refractivity contribution in [1.82, 2.24) is 9.97 Å². The van der Waals surface area contributed by atoms with E-state index in [1.807, 2.05) is 0 Å². The molecule has 0 saturated heterocycles. The number of aromatic nitrogens is 2. The average molecular weight is 307 g/mol. The molecule has 0 aromatic carbocycles. The van der Waals surface area contributed by atoms with Crippen LogP contribution in [0.1, 0.15) is 0 Å². The second-order valence-electron chi connectivity index (χ2n) is 1.13. The second kappa shape index (κ2) is 2.53. The van der Waals surface area contributed by atoms with E-state index in [1.54, 1.807) is 0 Å². The summed E-state index contributed by atoms with van der Waals surface area (Å²) >= 11 is 10.7. The number of aromatic amines is 1. The third kappa shape index (κ3) is 1.35. The zero-order valence-corrected chi connectivity index (χ0v) is 8.08. The number of imidazole rings is 1. The number of H-pyrrole nitrogens is 1. The summed E-state index contributed by atoms with van der Waals surface area (Å²) in [5.41, 5.74) is 0. The summed E-state index contributed by atoms with van der Waals surface area (Å²) in [6, 6.07) is 0. The Morgan fingerprint density at radius 2 is 2.38 bits per heavy atom. The molecular weight excluding hydrogens is 306 g/mol. The van der Waals surface area contributed by atoms with Crippen molar-refractivity contribution in [2.75, 3.05) is 0 Å². The quantitative estimate of drug-likeness (QED) is 0.733. The largest absolute Gasteiger partial charge is 0.322 e. The van der Waals surface area contributed by atoms with Crippen LogP contribution in [0.15, 0.2) is 4.60 Å². The first-order valence-corrected chi connectivity index (χ1v) is 4.01. The van der Waals surface area contributed by atoms with Crippen molar-refractivity contribution in [2.24, 2.45) is 0 Å². The van der Waals surface area contributed by atoms with E-state index in [0.29, 0.717) is 5.28 Å². The molecule has 0 amide bonds. The van der Waals surface area contributed by atoms with Gasteiger partial charge in [-0.3, -0.25) is 0 Å². The monoisotopic (exact) mass is 306 g/mol. The fraction of sp³-hybridized carbons (Fsp3) is 0. The number of halogens is 3. The van der Waals surface area contributed by atoms with Gasteiger partial charge in [0, 0.05) is 0 Å². The maximum absolute atomic E-state index is 5.46. The molecule has 1 aromatic rings. The molecule has 0 aliphatic rings. The first-order valence-electron chi connectivity index (χ1n) is 1.76. The van der Waals surface area contributed by atoms with Crippen molar-refractivity contribution in [2.45, 2.75) is 0 Å². The van der Waals surface area contributed by atoms with E-state index in [4.69, 9.17) is 11.6 Å². The lowest BCUT2D eigenvalue weighted by molar-refractivity contribution is 1.29. The summed E-state index contributed by atoms with van der Waals surface area (Å²) < 4.78 is 1.69. The minimum Gasteiger partial charge on any atom is -0.322 e. The Morgan fingerprint density at radius 1 is 1.75 bits per heavy atom. The van der Waals surface area contributed by atoms with Crippen molar-refractivity contribution in [3.63, 3.8) is 0 Å². The minimum atomic E-state index is 0.418. The third-order valence-corrected chi connectivity index (χ3v) is 2.86. The van der Waals surface area contributed by atoms with Crippen LogP contribution in [-0.2, 0) is 0 Å². The smallest absolute Gasteiger partial charge is 0.201 e. The normalized spacial score (nSPS) is 9.88. The van der Waals surface area contributed by atoms with Gasteiger partial charge in [0.1, 0.15) is 8.30 Å². The Balaban J connectivity index is 3.14. The summed E-state index contributed by atoms with van der Waals surface area (Å²) in [7, 11) is 0. The van der Waals surface area contributed by atoms with Crippen molar-refractivity contribution in [3.8, 4) is 0 Å². The van der Waals surface area contributed by atoms with Crippen LogP contribution in [0.2, 0.25) is 5.28 Å². The molecule has 0 unspecified atom stereocenters. The summed E-state index contributed by atoms with van der Waals surface area (Å²) in [5, 5.41) is 0.418. The van der Waals surface area contributed by atoms with Crippen LogP contribution in [0.4, 0.5) is 0 Å². The lowest BCUT2D eigenvalue weighted by Crippen LogP contribution is -1.64. The first kappa shape index (κ1) is 6.82. The van der Waals surface area contributed by atoms with Crippen LogP contribution in [-0.4, -0.2) is 9.97 Å². The predicted octanol–water partition coefficient (Wildman–Crippen LogP) is 2.43. The Hall–Kier alpha value is 0.710. The van der Waals surface area contributed by atoms with Crippen molar-refractivity contribution >= 4 is 50.1 Å². The van der Waals surface area contributed by atoms with Gasteiger partial charge in [0.2, 0.25) is 5.28 Å². The maximum Gasteiger partial charge on any atom is 0.201 e. The number of hydrogen-bond acceptors (Lipinski definition) is 1. The summed E-state index contributed by atoms with van der Waals surface area (Å²) in [6.07, 6.45) is 0. The Bertz CT molecular complexity index is 180. The molecule has 8 heavy (non-hydrogen) atoms. The van der Waals surface area contributed by atoms with Crippen LogP contribution in [0.3, 0.4) is 0 Å². The SMILES string of the molecule is Clc1nc(I)c(Br)[nH]1. The number of nitrogens with zero attached hydrogens (tertiary/aromatic N) is 1. The van der Waals surface area contributed by atoms with Crippen LogP contribution in [0, 0.1) is 3.70 Å². The molecule has 44 valence electrons. The van der Waals surface area contributed by atoms with Crippen molar-refractivity contribution in [3.05, 3.63) is 13.6 Å². The van der Waals surface area contributed by atoms with Gasteiger partial charge < -0.3 is 4.98 Å². The molecule has 1 aromatic heterocycles. The highest BCUT2D eigenvalue weighted by Gasteiger charge is 1.99. The van der Waals surface area contributed by atoms with E-state index in [2.05, 4.69) is 48.5 Å². The van der Waals surface area contributed by atoms with Crippen LogP contribution >= 0.6 is 50.1 Å². The van der Waals surface area contributed by atoms with Gasteiger partial charge in [0.05, 0.1) is 0 Å². The topological polar surface area (TPSA) is 28.7 Å². The summed E-state index contributed by atoms with van der Waals surface area (Å²) in [4.78, 5) is 6.63. The zero-order valence-electron chi connectivity index (χ0n) is 3.58. The molecule has 0 bridgehead atoms. The summed E-state index contributed by atoms with van der Waals surface area (Å²) in [6.45, 7) is 0. The van der Waals surface area contributed by atoms with Crippen LogP contribution in [0.25, 0.3) is 0 Å². The molecule has 2 nitrogen and oxygen atoms in total. The Labute approximate surface area is 73.3 Å². The number of hydrogen-bond donors (Lipinski definition) is 1. The molecule has 1 rings (SSSR count). The Kier molecular flexibility index (Phi) is 2.16. The second-order valence-corrected chi connectivity index (χ2v) is 3.31. The van der Waals surface area contributed by atoms with Crippen molar-refractivity contribution in [1.29, 1.82) is 0 Å². The van der Waals surface area contributed by atoms with Gasteiger partial charge in [-0.2, -0.15) is 0 Å². The highest BCUT2D eigenvalue weighted by Crippen LogP contribution is 2.17. The predicted molar refractivity (Wildman–Crippen MR) is 44.0 cm³/mol. The van der Waals surface area contributed by atoms with Gasteiger partial charge in [-0.05, 0) is 50.1 Å². The van der Waals surface area contributed by atoms with E-state index in [-0.39, 0.29) is 0 Å². The molecule has 0 fully saturated rings. The van der Waals surface area contributed by atoms with Gasteiger partial charge in [-0.15, -0.1) is 0 Å². The van der Waals surface area contributed by atoms with E-state index in [9.17, 15) is 0 Å². The molecule has 0 aliphatic carbocycles. The minimum absolute atomic E-state index is 0.418. The van der Waals surface area contributed by atoms with E-state index < -0.39 is 0 Å². The standard InChI is InChI=1S/C3HBrClIN2/c4-1-2(6)8-3(5)7-1/h(H,7,8). The zero-order chi connectivity index (χ0) is 6.15. The highest BCUT2D eigenvalue weighted by atomic mass is 127. The molecule has 1 heterocycles. The lowest BCUT2D eigenvalue weighted by atomic mass is 11.0. The Morgan fingerprint density at radius 3 is 2.50 bits per heavy atom. The molecule has 0 aliphatic heterocycles. The fourth-order valence-electron chi connectivity index (χ4n) is 0.305. The van der Waals surface area contributed by atoms with E-state index in [1.165, 1.54) is 0 Å². The highest BCUT2D eigenvalue weighted by molar-refractivity contribution is 14.1. The maximum atomic E-state index is 5.46. The fourth-order valence-corrected chi connectivity index (χ4v) is 1.39. The third-order valence-electron chi connectivity index (χ3n) is 0.590. The van der Waals surface area contributed by atoms with E-state index >= 15 is 0 Å².